The average Bonchev–Trinajstić information content (AvgIpc) is 2.83. The molecule has 0 spiro atoms. The molecular formula is C22H14F6N4O3S. The number of aromatic nitrogens is 3. The molecule has 14 heteroatoms. The first-order valence-corrected chi connectivity index (χ1v) is 11.3. The standard InChI is InChI=1S/C22H14F6N4O3S/c1-35-18-9-15(21(23,24)25)3-5-17(18)32(20-10-19(22(26,27)28)30-12-31-20)36(33,34)16-4-2-14-11-29-7-6-13(14)8-16/h2-12H,1H3. The van der Waals surface area contributed by atoms with E-state index in [-0.39, 0.29) is 4.90 Å². The van der Waals surface area contributed by atoms with Gasteiger partial charge >= 0.3 is 12.4 Å². The summed E-state index contributed by atoms with van der Waals surface area (Å²) in [5, 5.41) is 1.03. The molecule has 36 heavy (non-hydrogen) atoms. The quantitative estimate of drug-likeness (QED) is 0.314. The monoisotopic (exact) mass is 528 g/mol. The Labute approximate surface area is 200 Å². The van der Waals surface area contributed by atoms with E-state index in [1.807, 2.05) is 0 Å². The Morgan fingerprint density at radius 1 is 0.861 bits per heavy atom. The van der Waals surface area contributed by atoms with E-state index in [1.54, 1.807) is 0 Å². The van der Waals surface area contributed by atoms with Crippen LogP contribution in [0.1, 0.15) is 11.3 Å². The molecule has 0 bridgehead atoms. The second-order valence-corrected chi connectivity index (χ2v) is 9.08. The SMILES string of the molecule is COc1cc(C(F)(F)F)ccc1N(c1cc(C(F)(F)F)ncn1)S(=O)(=O)c1ccc2cnccc2c1. The number of halogens is 6. The summed E-state index contributed by atoms with van der Waals surface area (Å²) in [6.07, 6.45) is -6.35. The number of benzene rings is 2. The van der Waals surface area contributed by atoms with Gasteiger partial charge in [-0.25, -0.2) is 22.7 Å². The van der Waals surface area contributed by atoms with Crippen LogP contribution in [0.2, 0.25) is 0 Å². The van der Waals surface area contributed by atoms with Gasteiger partial charge in [-0.2, -0.15) is 26.3 Å². The molecule has 0 saturated carbocycles. The molecule has 0 atom stereocenters. The highest BCUT2D eigenvalue weighted by atomic mass is 32.2. The molecule has 0 aliphatic rings. The molecular weight excluding hydrogens is 514 g/mol. The topological polar surface area (TPSA) is 85.3 Å². The van der Waals surface area contributed by atoms with Crippen LogP contribution in [0.5, 0.6) is 5.75 Å². The smallest absolute Gasteiger partial charge is 0.433 e. The molecule has 7 nitrogen and oxygen atoms in total. The Morgan fingerprint density at radius 3 is 2.28 bits per heavy atom. The fraction of sp³-hybridized carbons (Fsp3) is 0.136. The van der Waals surface area contributed by atoms with E-state index in [1.165, 1.54) is 36.7 Å². The third-order valence-electron chi connectivity index (χ3n) is 5.03. The van der Waals surface area contributed by atoms with E-state index >= 15 is 0 Å². The summed E-state index contributed by atoms with van der Waals surface area (Å²) in [4.78, 5) is 10.4. The number of nitrogens with zero attached hydrogens (tertiary/aromatic N) is 4. The van der Waals surface area contributed by atoms with Crippen molar-refractivity contribution in [2.24, 2.45) is 0 Å². The summed E-state index contributed by atoms with van der Waals surface area (Å²) in [6.45, 7) is 0. The van der Waals surface area contributed by atoms with Gasteiger partial charge in [-0.1, -0.05) is 6.07 Å². The highest BCUT2D eigenvalue weighted by Crippen LogP contribution is 2.42. The Bertz CT molecular complexity index is 1540. The van der Waals surface area contributed by atoms with Crippen molar-refractivity contribution in [1.82, 2.24) is 15.0 Å². The normalized spacial score (nSPS) is 12.5. The molecule has 188 valence electrons. The average molecular weight is 528 g/mol. The molecule has 2 aromatic heterocycles. The van der Waals surface area contributed by atoms with Crippen molar-refractivity contribution < 1.29 is 39.5 Å². The zero-order valence-corrected chi connectivity index (χ0v) is 18.9. The van der Waals surface area contributed by atoms with Gasteiger partial charge < -0.3 is 4.74 Å². The summed E-state index contributed by atoms with van der Waals surface area (Å²) in [5.41, 5.74) is -3.10. The fourth-order valence-corrected chi connectivity index (χ4v) is 4.82. The summed E-state index contributed by atoms with van der Waals surface area (Å²) < 4.78 is 113. The first kappa shape index (κ1) is 25.2. The molecule has 0 amide bonds. The van der Waals surface area contributed by atoms with Gasteiger partial charge in [0.25, 0.3) is 10.0 Å². The second kappa shape index (κ2) is 8.93. The number of sulfonamides is 1. The van der Waals surface area contributed by atoms with Crippen LogP contribution in [-0.4, -0.2) is 30.5 Å². The lowest BCUT2D eigenvalue weighted by Gasteiger charge is -2.26. The maximum Gasteiger partial charge on any atom is 0.433 e. The van der Waals surface area contributed by atoms with Crippen molar-refractivity contribution in [2.45, 2.75) is 17.2 Å². The number of anilines is 2. The lowest BCUT2D eigenvalue weighted by Crippen LogP contribution is -2.28. The van der Waals surface area contributed by atoms with Crippen molar-refractivity contribution >= 4 is 32.3 Å². The van der Waals surface area contributed by atoms with Crippen molar-refractivity contribution in [1.29, 1.82) is 0 Å². The van der Waals surface area contributed by atoms with Crippen LogP contribution < -0.4 is 9.04 Å². The van der Waals surface area contributed by atoms with Crippen LogP contribution in [0.4, 0.5) is 37.8 Å². The molecule has 4 aromatic rings. The minimum absolute atomic E-state index is 0.365. The summed E-state index contributed by atoms with van der Waals surface area (Å²) >= 11 is 0. The van der Waals surface area contributed by atoms with Gasteiger partial charge in [-0.05, 0) is 41.8 Å². The highest BCUT2D eigenvalue weighted by Gasteiger charge is 2.37. The Hall–Kier alpha value is -3.94. The van der Waals surface area contributed by atoms with Crippen molar-refractivity contribution in [3.63, 3.8) is 0 Å². The molecule has 4 rings (SSSR count). The summed E-state index contributed by atoms with van der Waals surface area (Å²) in [7, 11) is -3.75. The number of ether oxygens (including phenoxy) is 1. The molecule has 0 aliphatic heterocycles. The van der Waals surface area contributed by atoms with E-state index in [2.05, 4.69) is 15.0 Å². The summed E-state index contributed by atoms with van der Waals surface area (Å²) in [5.74, 6) is -1.32. The molecule has 0 fully saturated rings. The zero-order valence-electron chi connectivity index (χ0n) is 18.0. The number of pyridine rings is 1. The third kappa shape index (κ3) is 4.76. The van der Waals surface area contributed by atoms with E-state index < -0.39 is 50.9 Å². The van der Waals surface area contributed by atoms with Gasteiger partial charge in [-0.3, -0.25) is 4.98 Å². The number of hydrogen-bond donors (Lipinski definition) is 0. The van der Waals surface area contributed by atoms with Crippen LogP contribution in [0.3, 0.4) is 0 Å². The predicted molar refractivity (Wildman–Crippen MR) is 116 cm³/mol. The minimum Gasteiger partial charge on any atom is -0.495 e. The number of alkyl halides is 6. The van der Waals surface area contributed by atoms with Crippen molar-refractivity contribution in [2.75, 3.05) is 11.4 Å². The lowest BCUT2D eigenvalue weighted by atomic mass is 10.2. The van der Waals surface area contributed by atoms with Gasteiger partial charge in [0.1, 0.15) is 23.5 Å². The van der Waals surface area contributed by atoms with E-state index in [4.69, 9.17) is 4.74 Å². The van der Waals surface area contributed by atoms with Gasteiger partial charge in [0.15, 0.2) is 5.82 Å². The molecule has 0 saturated heterocycles. The Morgan fingerprint density at radius 2 is 1.61 bits per heavy atom. The van der Waals surface area contributed by atoms with Crippen LogP contribution in [0.25, 0.3) is 10.8 Å². The van der Waals surface area contributed by atoms with Crippen molar-refractivity contribution in [3.8, 4) is 5.75 Å². The van der Waals surface area contributed by atoms with Gasteiger partial charge in [-0.15, -0.1) is 0 Å². The molecule has 0 unspecified atom stereocenters. The molecule has 2 heterocycles. The van der Waals surface area contributed by atoms with Gasteiger partial charge in [0.2, 0.25) is 0 Å². The number of fused-ring (bicyclic) bond motifs is 1. The Balaban J connectivity index is 1.99. The first-order chi connectivity index (χ1) is 16.8. The third-order valence-corrected chi connectivity index (χ3v) is 6.74. The van der Waals surface area contributed by atoms with Gasteiger partial charge in [0.05, 0.1) is 17.6 Å². The molecule has 0 aliphatic carbocycles. The molecule has 0 N–H and O–H groups in total. The number of hydrogen-bond acceptors (Lipinski definition) is 6. The maximum absolute atomic E-state index is 13.8. The largest absolute Gasteiger partial charge is 0.495 e. The van der Waals surface area contributed by atoms with Gasteiger partial charge in [0, 0.05) is 23.8 Å². The number of rotatable bonds is 5. The second-order valence-electron chi connectivity index (χ2n) is 7.30. The fourth-order valence-electron chi connectivity index (χ4n) is 3.34. The maximum atomic E-state index is 13.8. The number of methoxy groups -OCH3 is 1. The molecule has 0 radical (unpaired) electrons. The highest BCUT2D eigenvalue weighted by molar-refractivity contribution is 7.93. The molecule has 2 aromatic carbocycles. The minimum atomic E-state index is -4.95. The zero-order chi connectivity index (χ0) is 26.3. The Kier molecular flexibility index (Phi) is 6.24. The van der Waals surface area contributed by atoms with Crippen LogP contribution >= 0.6 is 0 Å². The summed E-state index contributed by atoms with van der Waals surface area (Å²) in [6, 6.07) is 7.66. The van der Waals surface area contributed by atoms with Crippen molar-refractivity contribution in [3.05, 3.63) is 78.5 Å². The van der Waals surface area contributed by atoms with E-state index in [9.17, 15) is 34.8 Å². The van der Waals surface area contributed by atoms with E-state index in [0.29, 0.717) is 39.6 Å². The van der Waals surface area contributed by atoms with Crippen LogP contribution in [0.15, 0.2) is 72.1 Å². The van der Waals surface area contributed by atoms with Crippen LogP contribution in [0, 0.1) is 0 Å². The lowest BCUT2D eigenvalue weighted by molar-refractivity contribution is -0.141. The predicted octanol–water partition coefficient (Wildman–Crippen LogP) is 5.60. The van der Waals surface area contributed by atoms with E-state index in [0.717, 1.165) is 13.2 Å². The van der Waals surface area contributed by atoms with Crippen LogP contribution in [-0.2, 0) is 22.4 Å². The first-order valence-electron chi connectivity index (χ1n) is 9.86.